The number of aryl methyl sites for hydroxylation is 1. The average molecular weight is 879 g/mol. The Morgan fingerprint density at radius 2 is 1.54 bits per heavy atom. The maximum Gasteiger partial charge on any atom is 0.232 e. The molecule has 1 N–H and O–H groups in total. The van der Waals surface area contributed by atoms with Gasteiger partial charge in [0.15, 0.2) is 5.78 Å². The topological polar surface area (TPSA) is 74.0 Å². The van der Waals surface area contributed by atoms with Gasteiger partial charge in [-0.05, 0) is 107 Å². The number of anilines is 2. The van der Waals surface area contributed by atoms with E-state index in [0.29, 0.717) is 41.9 Å². The summed E-state index contributed by atoms with van der Waals surface area (Å²) in [4.78, 5) is 32.2. The Bertz CT molecular complexity index is 1880. The minimum atomic E-state index is -0.0716. The number of nitrogens with zero attached hydrogens (tertiary/aromatic N) is 2. The van der Waals surface area contributed by atoms with Crippen molar-refractivity contribution in [3.05, 3.63) is 108 Å². The van der Waals surface area contributed by atoms with E-state index in [1.165, 1.54) is 0 Å². The molecule has 1 aliphatic heterocycles. The minimum Gasteiger partial charge on any atom is -0.506 e. The fraction of sp³-hybridized carbons (Fsp3) is 0.222. The van der Waals surface area contributed by atoms with E-state index in [1.54, 1.807) is 23.9 Å². The van der Waals surface area contributed by atoms with Crippen LogP contribution in [-0.4, -0.2) is 41.3 Å². The van der Waals surface area contributed by atoms with Gasteiger partial charge in [-0.15, -0.1) is 0 Å². The fourth-order valence-electron chi connectivity index (χ4n) is 5.34. The average Bonchev–Trinajstić information content (AvgIpc) is 3.45. The van der Waals surface area contributed by atoms with Gasteiger partial charge in [-0.2, -0.15) is 0 Å². The summed E-state index contributed by atoms with van der Waals surface area (Å²) in [6.45, 7) is 8.90. The SMILES string of the molecule is CCN(CC)CCC(=O)N1c2ccccc2Sc2ccc(Cl)cc21.CCc1oc2ccccc2c1C(=O)c1cc(I)c(O)c(I)c1. The van der Waals surface area contributed by atoms with Crippen LogP contribution in [0.1, 0.15) is 48.9 Å². The predicted molar refractivity (Wildman–Crippen MR) is 204 cm³/mol. The predicted octanol–water partition coefficient (Wildman–Crippen LogP) is 10.3. The fourth-order valence-corrected chi connectivity index (χ4v) is 8.31. The van der Waals surface area contributed by atoms with Crippen molar-refractivity contribution in [3.63, 3.8) is 0 Å². The zero-order chi connectivity index (χ0) is 33.0. The molecule has 0 radical (unpaired) electrons. The highest BCUT2D eigenvalue weighted by atomic mass is 127. The number of phenolic OH excluding ortho intramolecular Hbond substituents is 1. The van der Waals surface area contributed by atoms with E-state index in [1.807, 2.05) is 118 Å². The molecule has 0 spiro atoms. The van der Waals surface area contributed by atoms with E-state index in [2.05, 4.69) is 24.8 Å². The molecule has 0 bridgehead atoms. The number of benzene rings is 4. The van der Waals surface area contributed by atoms with Gasteiger partial charge in [-0.3, -0.25) is 14.5 Å². The molecule has 6 nitrogen and oxygen atoms in total. The molecule has 0 unspecified atom stereocenters. The van der Waals surface area contributed by atoms with Gasteiger partial charge in [0.2, 0.25) is 5.91 Å². The Hall–Kier alpha value is -2.58. The third kappa shape index (κ3) is 7.43. The Morgan fingerprint density at radius 3 is 2.24 bits per heavy atom. The zero-order valence-corrected chi connectivity index (χ0v) is 31.5. The van der Waals surface area contributed by atoms with Gasteiger partial charge in [-0.1, -0.05) is 74.5 Å². The highest BCUT2D eigenvalue weighted by molar-refractivity contribution is 14.1. The number of fused-ring (bicyclic) bond motifs is 3. The summed E-state index contributed by atoms with van der Waals surface area (Å²) in [5, 5.41) is 11.4. The molecule has 0 atom stereocenters. The molecule has 238 valence electrons. The molecule has 46 heavy (non-hydrogen) atoms. The van der Waals surface area contributed by atoms with Crippen LogP contribution in [0.25, 0.3) is 11.0 Å². The molecule has 10 heteroatoms. The number of ketones is 1. The molecule has 0 saturated heterocycles. The van der Waals surface area contributed by atoms with Crippen LogP contribution in [0.3, 0.4) is 0 Å². The standard InChI is InChI=1S/C19H21ClN2OS.C17H12I2O3/c1-3-21(4-2)12-11-19(23)22-15-7-5-6-8-17(15)24-18-10-9-14(20)13-16(18)22;1-2-13-15(10-5-3-4-6-14(10)22-13)16(20)9-7-11(18)17(21)12(19)8-9/h5-10,13H,3-4,11-12H2,1-2H3;3-8,21H,2H2,1H3. The van der Waals surface area contributed by atoms with Crippen molar-refractivity contribution in [2.45, 2.75) is 43.4 Å². The Labute approximate surface area is 305 Å². The van der Waals surface area contributed by atoms with Gasteiger partial charge >= 0.3 is 0 Å². The van der Waals surface area contributed by atoms with Crippen LogP contribution in [0.2, 0.25) is 5.02 Å². The quantitative estimate of drug-likeness (QED) is 0.124. The van der Waals surface area contributed by atoms with E-state index < -0.39 is 0 Å². The first-order valence-electron chi connectivity index (χ1n) is 15.0. The number of furan rings is 1. The number of hydrogen-bond donors (Lipinski definition) is 1. The normalized spacial score (nSPS) is 12.0. The first-order chi connectivity index (χ1) is 22.2. The van der Waals surface area contributed by atoms with Gasteiger partial charge < -0.3 is 14.4 Å². The second-order valence-corrected chi connectivity index (χ2v) is 14.4. The van der Waals surface area contributed by atoms with Crippen molar-refractivity contribution in [3.8, 4) is 5.75 Å². The molecule has 2 heterocycles. The molecule has 4 aromatic carbocycles. The number of halogens is 3. The third-order valence-corrected chi connectivity index (χ3v) is 10.8. The van der Waals surface area contributed by atoms with Crippen molar-refractivity contribution < 1.29 is 19.1 Å². The Kier molecular flexibility index (Phi) is 11.7. The smallest absolute Gasteiger partial charge is 0.232 e. The van der Waals surface area contributed by atoms with Crippen molar-refractivity contribution in [1.29, 1.82) is 0 Å². The first kappa shape index (κ1) is 34.7. The number of rotatable bonds is 8. The van der Waals surface area contributed by atoms with Gasteiger partial charge in [-0.25, -0.2) is 0 Å². The summed E-state index contributed by atoms with van der Waals surface area (Å²) in [6.07, 6.45) is 1.15. The monoisotopic (exact) mass is 878 g/mol. The minimum absolute atomic E-state index is 0.0716. The highest BCUT2D eigenvalue weighted by Gasteiger charge is 2.28. The number of aromatic hydroxyl groups is 1. The van der Waals surface area contributed by atoms with Crippen LogP contribution < -0.4 is 4.90 Å². The van der Waals surface area contributed by atoms with Crippen LogP contribution in [0, 0.1) is 7.14 Å². The van der Waals surface area contributed by atoms with Crippen LogP contribution in [-0.2, 0) is 11.2 Å². The number of para-hydroxylation sites is 2. The van der Waals surface area contributed by atoms with E-state index in [-0.39, 0.29) is 17.4 Å². The summed E-state index contributed by atoms with van der Waals surface area (Å²) in [5.74, 6) is 0.950. The van der Waals surface area contributed by atoms with Crippen LogP contribution in [0.15, 0.2) is 93.1 Å². The molecule has 1 aromatic heterocycles. The van der Waals surface area contributed by atoms with Crippen LogP contribution in [0.4, 0.5) is 11.4 Å². The molecule has 1 amide bonds. The van der Waals surface area contributed by atoms with E-state index in [4.69, 9.17) is 16.0 Å². The number of hydrogen-bond acceptors (Lipinski definition) is 6. The lowest BCUT2D eigenvalue weighted by Gasteiger charge is -2.31. The summed E-state index contributed by atoms with van der Waals surface area (Å²) in [6, 6.07) is 24.8. The van der Waals surface area contributed by atoms with Crippen LogP contribution >= 0.6 is 68.5 Å². The molecule has 0 fully saturated rings. The first-order valence-corrected chi connectivity index (χ1v) is 18.4. The third-order valence-electron chi connectivity index (χ3n) is 7.77. The lowest BCUT2D eigenvalue weighted by molar-refractivity contribution is -0.118. The number of phenols is 1. The Morgan fingerprint density at radius 1 is 0.891 bits per heavy atom. The maximum atomic E-state index is 13.0. The molecule has 0 aliphatic carbocycles. The van der Waals surface area contributed by atoms with Crippen molar-refractivity contribution >= 4 is 103 Å². The second kappa shape index (κ2) is 15.5. The summed E-state index contributed by atoms with van der Waals surface area (Å²) < 4.78 is 7.13. The van der Waals surface area contributed by atoms with E-state index in [9.17, 15) is 14.7 Å². The van der Waals surface area contributed by atoms with Crippen molar-refractivity contribution in [1.82, 2.24) is 4.90 Å². The maximum absolute atomic E-state index is 13.0. The van der Waals surface area contributed by atoms with Crippen LogP contribution in [0.5, 0.6) is 5.75 Å². The molecular formula is C36H33ClI2N2O4S. The molecule has 1 aliphatic rings. The lowest BCUT2D eigenvalue weighted by Crippen LogP contribution is -2.33. The van der Waals surface area contributed by atoms with Gasteiger partial charge in [0, 0.05) is 45.1 Å². The van der Waals surface area contributed by atoms with Gasteiger partial charge in [0.25, 0.3) is 0 Å². The molecule has 5 aromatic rings. The summed E-state index contributed by atoms with van der Waals surface area (Å²) >= 11 is 11.9. The Balaban J connectivity index is 0.000000182. The zero-order valence-electron chi connectivity index (χ0n) is 25.6. The van der Waals surface area contributed by atoms with Crippen molar-refractivity contribution in [2.24, 2.45) is 0 Å². The number of carbonyl (C=O) groups is 2. The number of amides is 1. The molecule has 0 saturated carbocycles. The summed E-state index contributed by atoms with van der Waals surface area (Å²) in [5.41, 5.74) is 3.74. The molecule has 6 rings (SSSR count). The second-order valence-electron chi connectivity index (χ2n) is 10.6. The molecular weight excluding hydrogens is 846 g/mol. The summed E-state index contributed by atoms with van der Waals surface area (Å²) in [7, 11) is 0. The van der Waals surface area contributed by atoms with Crippen molar-refractivity contribution in [2.75, 3.05) is 24.5 Å². The van der Waals surface area contributed by atoms with E-state index >= 15 is 0 Å². The van der Waals surface area contributed by atoms with Gasteiger partial charge in [0.1, 0.15) is 17.1 Å². The number of carbonyl (C=O) groups excluding carboxylic acids is 2. The lowest BCUT2D eigenvalue weighted by atomic mass is 9.99. The largest absolute Gasteiger partial charge is 0.506 e. The highest BCUT2D eigenvalue weighted by Crippen LogP contribution is 2.49. The van der Waals surface area contributed by atoms with Gasteiger partial charge in [0.05, 0.1) is 24.1 Å². The van der Waals surface area contributed by atoms with E-state index in [0.717, 1.165) is 51.8 Å².